The number of carbonyl (C=O) groups excluding carboxylic acids is 1. The number of aromatic nitrogens is 3. The minimum atomic E-state index is -0.195. The normalized spacial score (nSPS) is 11.8. The molecule has 0 bridgehead atoms. The molecule has 1 amide bonds. The van der Waals surface area contributed by atoms with Crippen molar-refractivity contribution in [2.75, 3.05) is 7.05 Å². The minimum absolute atomic E-state index is 0.143. The Hall–Kier alpha value is -3.87. The van der Waals surface area contributed by atoms with Crippen LogP contribution >= 0.6 is 0 Å². The number of furan rings is 1. The maximum Gasteiger partial charge on any atom is 0.290 e. The zero-order valence-electron chi connectivity index (χ0n) is 16.8. The van der Waals surface area contributed by atoms with E-state index < -0.39 is 0 Å². The molecule has 0 saturated carbocycles. The van der Waals surface area contributed by atoms with Gasteiger partial charge in [0, 0.05) is 12.6 Å². The average molecular weight is 402 g/mol. The van der Waals surface area contributed by atoms with Crippen molar-refractivity contribution in [3.05, 3.63) is 96.5 Å². The van der Waals surface area contributed by atoms with E-state index in [4.69, 9.17) is 9.15 Å². The molecule has 30 heavy (non-hydrogen) atoms. The first-order valence-electron chi connectivity index (χ1n) is 9.60. The van der Waals surface area contributed by atoms with E-state index in [2.05, 4.69) is 10.1 Å². The summed E-state index contributed by atoms with van der Waals surface area (Å²) in [6.07, 6.45) is 4.65. The van der Waals surface area contributed by atoms with E-state index in [1.807, 2.05) is 61.5 Å². The summed E-state index contributed by atoms with van der Waals surface area (Å²) in [7, 11) is 1.77. The van der Waals surface area contributed by atoms with Gasteiger partial charge >= 0.3 is 0 Å². The zero-order valence-corrected chi connectivity index (χ0v) is 16.8. The molecule has 2 aromatic carbocycles. The van der Waals surface area contributed by atoms with Gasteiger partial charge in [-0.1, -0.05) is 30.3 Å². The summed E-state index contributed by atoms with van der Waals surface area (Å²) in [6.45, 7) is 2.24. The molecule has 7 heteroatoms. The molecular formula is C23H22N4O3. The van der Waals surface area contributed by atoms with Crippen LogP contribution in [0.1, 0.15) is 34.6 Å². The van der Waals surface area contributed by atoms with Crippen molar-refractivity contribution in [3.63, 3.8) is 0 Å². The Morgan fingerprint density at radius 2 is 1.90 bits per heavy atom. The van der Waals surface area contributed by atoms with Gasteiger partial charge in [0.25, 0.3) is 5.91 Å². The Bertz CT molecular complexity index is 1090. The molecule has 152 valence electrons. The molecule has 1 atom stereocenters. The summed E-state index contributed by atoms with van der Waals surface area (Å²) in [4.78, 5) is 18.7. The van der Waals surface area contributed by atoms with Gasteiger partial charge in [0.15, 0.2) is 5.76 Å². The molecule has 0 N–H and O–H groups in total. The quantitative estimate of drug-likeness (QED) is 0.461. The van der Waals surface area contributed by atoms with Gasteiger partial charge in [0.1, 0.15) is 25.0 Å². The van der Waals surface area contributed by atoms with Crippen LogP contribution in [0.25, 0.3) is 5.69 Å². The second-order valence-electron chi connectivity index (χ2n) is 6.90. The Labute approximate surface area is 174 Å². The summed E-state index contributed by atoms with van der Waals surface area (Å²) in [5, 5.41) is 4.12. The topological polar surface area (TPSA) is 73.4 Å². The first-order chi connectivity index (χ1) is 14.6. The fourth-order valence-electron chi connectivity index (χ4n) is 3.12. The standard InChI is InChI=1S/C23H22N4O3/c1-17(18-8-10-20(11-9-18)27-16-24-15-25-27)26(2)23(28)22-19(12-13-29-22)14-30-21-6-4-3-5-7-21/h3-13,15-17H,14H2,1-2H3/t17-/m0/s1. The van der Waals surface area contributed by atoms with Gasteiger partial charge in [-0.2, -0.15) is 5.10 Å². The van der Waals surface area contributed by atoms with Crippen molar-refractivity contribution in [3.8, 4) is 11.4 Å². The van der Waals surface area contributed by atoms with Gasteiger partial charge in [0.2, 0.25) is 0 Å². The highest BCUT2D eigenvalue weighted by molar-refractivity contribution is 5.93. The molecule has 7 nitrogen and oxygen atoms in total. The van der Waals surface area contributed by atoms with Gasteiger partial charge < -0.3 is 14.1 Å². The number of carbonyl (C=O) groups is 1. The molecule has 0 fully saturated rings. The number of amides is 1. The monoisotopic (exact) mass is 402 g/mol. The van der Waals surface area contributed by atoms with Gasteiger partial charge in [-0.25, -0.2) is 9.67 Å². The minimum Gasteiger partial charge on any atom is -0.489 e. The van der Waals surface area contributed by atoms with Crippen LogP contribution in [0.4, 0.5) is 0 Å². The molecule has 4 aromatic rings. The maximum atomic E-state index is 13.1. The fraction of sp³-hybridized carbons (Fsp3) is 0.174. The largest absolute Gasteiger partial charge is 0.489 e. The molecule has 0 aliphatic carbocycles. The average Bonchev–Trinajstić information content (AvgIpc) is 3.49. The Kier molecular flexibility index (Phi) is 5.61. The SMILES string of the molecule is C[C@@H](c1ccc(-n2cncn2)cc1)N(C)C(=O)c1occc1COc1ccccc1. The number of rotatable bonds is 7. The summed E-state index contributed by atoms with van der Waals surface area (Å²) >= 11 is 0. The summed E-state index contributed by atoms with van der Waals surface area (Å²) in [5.41, 5.74) is 2.62. The van der Waals surface area contributed by atoms with Gasteiger partial charge in [-0.05, 0) is 42.8 Å². The third-order valence-electron chi connectivity index (χ3n) is 5.04. The lowest BCUT2D eigenvalue weighted by molar-refractivity contribution is 0.0706. The van der Waals surface area contributed by atoms with Crippen LogP contribution in [0.3, 0.4) is 0 Å². The van der Waals surface area contributed by atoms with Gasteiger partial charge in [0.05, 0.1) is 18.0 Å². The first kappa shape index (κ1) is 19.4. The lowest BCUT2D eigenvalue weighted by Gasteiger charge is -2.25. The van der Waals surface area contributed by atoms with Crippen LogP contribution in [-0.4, -0.2) is 32.6 Å². The van der Waals surface area contributed by atoms with Gasteiger partial charge in [-0.15, -0.1) is 0 Å². The van der Waals surface area contributed by atoms with Crippen LogP contribution in [-0.2, 0) is 6.61 Å². The fourth-order valence-corrected chi connectivity index (χ4v) is 3.12. The summed E-state index contributed by atoms with van der Waals surface area (Å²) < 4.78 is 13.0. The highest BCUT2D eigenvalue weighted by atomic mass is 16.5. The van der Waals surface area contributed by atoms with Crippen molar-refractivity contribution in [2.45, 2.75) is 19.6 Å². The van der Waals surface area contributed by atoms with Crippen molar-refractivity contribution < 1.29 is 13.9 Å². The van der Waals surface area contributed by atoms with Crippen LogP contribution in [0.5, 0.6) is 5.75 Å². The van der Waals surface area contributed by atoms with Crippen LogP contribution < -0.4 is 4.74 Å². The Morgan fingerprint density at radius 1 is 1.13 bits per heavy atom. The second-order valence-corrected chi connectivity index (χ2v) is 6.90. The number of benzene rings is 2. The summed E-state index contributed by atoms with van der Waals surface area (Å²) in [5.74, 6) is 0.838. The molecule has 0 spiro atoms. The number of hydrogen-bond donors (Lipinski definition) is 0. The molecule has 4 rings (SSSR count). The van der Waals surface area contributed by atoms with E-state index in [9.17, 15) is 4.79 Å². The third-order valence-corrected chi connectivity index (χ3v) is 5.04. The van der Waals surface area contributed by atoms with Crippen LogP contribution in [0.2, 0.25) is 0 Å². The van der Waals surface area contributed by atoms with Crippen molar-refractivity contribution >= 4 is 5.91 Å². The zero-order chi connectivity index (χ0) is 20.9. The predicted octanol–water partition coefficient (Wildman–Crippen LogP) is 4.27. The van der Waals surface area contributed by atoms with E-state index in [0.29, 0.717) is 11.3 Å². The molecular weight excluding hydrogens is 380 g/mol. The highest BCUT2D eigenvalue weighted by Crippen LogP contribution is 2.24. The third kappa shape index (κ3) is 4.10. The second kappa shape index (κ2) is 8.65. The van der Waals surface area contributed by atoms with E-state index in [0.717, 1.165) is 17.0 Å². The Balaban J connectivity index is 1.45. The number of hydrogen-bond acceptors (Lipinski definition) is 5. The molecule has 0 radical (unpaired) electrons. The molecule has 0 aliphatic heterocycles. The first-order valence-corrected chi connectivity index (χ1v) is 9.60. The van der Waals surface area contributed by atoms with E-state index in [-0.39, 0.29) is 18.6 Å². The van der Waals surface area contributed by atoms with E-state index in [1.165, 1.54) is 12.6 Å². The lowest BCUT2D eigenvalue weighted by atomic mass is 10.1. The van der Waals surface area contributed by atoms with Crippen molar-refractivity contribution in [2.24, 2.45) is 0 Å². The van der Waals surface area contributed by atoms with E-state index >= 15 is 0 Å². The molecule has 2 heterocycles. The van der Waals surface area contributed by atoms with E-state index in [1.54, 1.807) is 29.0 Å². The highest BCUT2D eigenvalue weighted by Gasteiger charge is 2.24. The van der Waals surface area contributed by atoms with Crippen molar-refractivity contribution in [1.29, 1.82) is 0 Å². The predicted molar refractivity (Wildman–Crippen MR) is 111 cm³/mol. The number of para-hydroxylation sites is 1. The van der Waals surface area contributed by atoms with Crippen molar-refractivity contribution in [1.82, 2.24) is 19.7 Å². The number of ether oxygens (including phenoxy) is 1. The molecule has 0 saturated heterocycles. The van der Waals surface area contributed by atoms with Crippen LogP contribution in [0, 0.1) is 0 Å². The smallest absolute Gasteiger partial charge is 0.290 e. The Morgan fingerprint density at radius 3 is 2.60 bits per heavy atom. The van der Waals surface area contributed by atoms with Gasteiger partial charge in [-0.3, -0.25) is 4.79 Å². The molecule has 2 aromatic heterocycles. The van der Waals surface area contributed by atoms with Crippen LogP contribution in [0.15, 0.2) is 84.0 Å². The molecule has 0 aliphatic rings. The molecule has 0 unspecified atom stereocenters. The lowest BCUT2D eigenvalue weighted by Crippen LogP contribution is -2.30. The maximum absolute atomic E-state index is 13.1. The number of nitrogens with zero attached hydrogens (tertiary/aromatic N) is 4. The summed E-state index contributed by atoms with van der Waals surface area (Å²) in [6, 6.07) is 19.0.